The maximum atomic E-state index is 12.2. The Morgan fingerprint density at radius 2 is 2.29 bits per heavy atom. The number of carbonyl (C=O) groups excluding carboxylic acids is 2. The summed E-state index contributed by atoms with van der Waals surface area (Å²) < 4.78 is 0. The summed E-state index contributed by atoms with van der Waals surface area (Å²) >= 11 is 1.96. The van der Waals surface area contributed by atoms with E-state index in [-0.39, 0.29) is 17.9 Å². The highest BCUT2D eigenvalue weighted by atomic mass is 32.2. The molecule has 1 N–H and O–H groups in total. The summed E-state index contributed by atoms with van der Waals surface area (Å²) in [5, 5.41) is 2.80. The summed E-state index contributed by atoms with van der Waals surface area (Å²) in [5.74, 6) is 3.10. The molecule has 0 aromatic carbocycles. The molecule has 5 heteroatoms. The molecule has 0 radical (unpaired) electrons. The van der Waals surface area contributed by atoms with E-state index in [1.807, 2.05) is 23.6 Å². The Morgan fingerprint density at radius 1 is 1.47 bits per heavy atom. The molecule has 2 aliphatic heterocycles. The smallest absolute Gasteiger partial charge is 0.245 e. The molecule has 2 heterocycles. The molecule has 0 aromatic rings. The molecule has 0 saturated carbocycles. The van der Waals surface area contributed by atoms with Crippen molar-refractivity contribution in [2.24, 2.45) is 5.92 Å². The quantitative estimate of drug-likeness (QED) is 0.815. The fourth-order valence-corrected chi connectivity index (χ4v) is 3.66. The molecule has 2 fully saturated rings. The number of hydrogen-bond acceptors (Lipinski definition) is 3. The number of nitrogens with one attached hydrogen (secondary N) is 1. The zero-order valence-corrected chi connectivity index (χ0v) is 11.1. The predicted molar refractivity (Wildman–Crippen MR) is 68.9 cm³/mol. The molecule has 4 nitrogen and oxygen atoms in total. The lowest BCUT2D eigenvalue weighted by Crippen LogP contribution is -2.45. The molecule has 0 spiro atoms. The van der Waals surface area contributed by atoms with Crippen LogP contribution in [0, 0.1) is 5.92 Å². The van der Waals surface area contributed by atoms with E-state index in [0.29, 0.717) is 25.3 Å². The van der Waals surface area contributed by atoms with Crippen LogP contribution >= 0.6 is 11.8 Å². The van der Waals surface area contributed by atoms with Crippen molar-refractivity contribution in [3.05, 3.63) is 0 Å². The summed E-state index contributed by atoms with van der Waals surface area (Å²) in [6, 6.07) is -0.306. The van der Waals surface area contributed by atoms with Crippen LogP contribution in [0.15, 0.2) is 0 Å². The fourth-order valence-electron chi connectivity index (χ4n) is 2.39. The normalized spacial score (nSPS) is 30.3. The second-order valence-corrected chi connectivity index (χ2v) is 5.94. The molecule has 2 rings (SSSR count). The predicted octanol–water partition coefficient (Wildman–Crippen LogP) is 0.867. The maximum absolute atomic E-state index is 12.2. The summed E-state index contributed by atoms with van der Waals surface area (Å²) in [6.45, 7) is 3.36. The van der Waals surface area contributed by atoms with Gasteiger partial charge in [-0.25, -0.2) is 0 Å². The van der Waals surface area contributed by atoms with Crippen molar-refractivity contribution in [3.8, 4) is 0 Å². The first kappa shape index (κ1) is 12.7. The van der Waals surface area contributed by atoms with Crippen LogP contribution in [0.3, 0.4) is 0 Å². The molecule has 17 heavy (non-hydrogen) atoms. The molecule has 2 saturated heterocycles. The van der Waals surface area contributed by atoms with Gasteiger partial charge in [-0.1, -0.05) is 6.92 Å². The largest absolute Gasteiger partial charge is 0.344 e. The highest BCUT2D eigenvalue weighted by Gasteiger charge is 2.30. The van der Waals surface area contributed by atoms with E-state index in [0.717, 1.165) is 12.3 Å². The van der Waals surface area contributed by atoms with Crippen LogP contribution in [0.2, 0.25) is 0 Å². The lowest BCUT2D eigenvalue weighted by Gasteiger charge is -2.25. The standard InChI is InChI=1S/C12H20N2O2S/c1-2-10-12(16)14(5-3-11(15)13-10)7-9-4-6-17-8-9/h9-10H,2-8H2,1H3,(H,13,15). The summed E-state index contributed by atoms with van der Waals surface area (Å²) in [4.78, 5) is 25.6. The van der Waals surface area contributed by atoms with Crippen LogP contribution in [0.4, 0.5) is 0 Å². The average molecular weight is 256 g/mol. The number of rotatable bonds is 3. The minimum Gasteiger partial charge on any atom is -0.344 e. The molecule has 2 aliphatic rings. The molecular weight excluding hydrogens is 236 g/mol. The number of amides is 2. The Morgan fingerprint density at radius 3 is 2.94 bits per heavy atom. The summed E-state index contributed by atoms with van der Waals surface area (Å²) in [7, 11) is 0. The van der Waals surface area contributed by atoms with Crippen molar-refractivity contribution in [3.63, 3.8) is 0 Å². The van der Waals surface area contributed by atoms with E-state index in [1.54, 1.807) is 0 Å². The highest BCUT2D eigenvalue weighted by molar-refractivity contribution is 7.99. The van der Waals surface area contributed by atoms with Crippen molar-refractivity contribution < 1.29 is 9.59 Å². The molecule has 0 aliphatic carbocycles. The van der Waals surface area contributed by atoms with Gasteiger partial charge in [-0.15, -0.1) is 0 Å². The van der Waals surface area contributed by atoms with Gasteiger partial charge in [0.2, 0.25) is 11.8 Å². The molecule has 2 amide bonds. The molecule has 2 atom stereocenters. The van der Waals surface area contributed by atoms with Crippen LogP contribution in [0.25, 0.3) is 0 Å². The van der Waals surface area contributed by atoms with Crippen LogP contribution < -0.4 is 5.32 Å². The topological polar surface area (TPSA) is 49.4 Å². The second-order valence-electron chi connectivity index (χ2n) is 4.79. The van der Waals surface area contributed by atoms with Gasteiger partial charge in [-0.05, 0) is 30.3 Å². The molecule has 96 valence electrons. The maximum Gasteiger partial charge on any atom is 0.245 e. The van der Waals surface area contributed by atoms with Gasteiger partial charge >= 0.3 is 0 Å². The summed E-state index contributed by atoms with van der Waals surface area (Å²) in [5.41, 5.74) is 0. The Bertz CT molecular complexity index is 303. The SMILES string of the molecule is CCC1NC(=O)CCN(CC2CCSC2)C1=O. The molecule has 2 unspecified atom stereocenters. The first-order chi connectivity index (χ1) is 8.20. The fraction of sp³-hybridized carbons (Fsp3) is 0.833. The van der Waals surface area contributed by atoms with E-state index in [4.69, 9.17) is 0 Å². The van der Waals surface area contributed by atoms with Gasteiger partial charge in [0.05, 0.1) is 0 Å². The number of carbonyl (C=O) groups is 2. The van der Waals surface area contributed by atoms with E-state index in [2.05, 4.69) is 5.32 Å². The van der Waals surface area contributed by atoms with Gasteiger partial charge < -0.3 is 10.2 Å². The highest BCUT2D eigenvalue weighted by Crippen LogP contribution is 2.24. The second kappa shape index (κ2) is 5.76. The van der Waals surface area contributed by atoms with E-state index in [9.17, 15) is 9.59 Å². The minimum atomic E-state index is -0.306. The number of hydrogen-bond donors (Lipinski definition) is 1. The first-order valence-corrected chi connectivity index (χ1v) is 7.52. The van der Waals surface area contributed by atoms with Gasteiger partial charge in [0.15, 0.2) is 0 Å². The lowest BCUT2D eigenvalue weighted by atomic mass is 10.1. The van der Waals surface area contributed by atoms with Crippen molar-refractivity contribution in [1.29, 1.82) is 0 Å². The first-order valence-electron chi connectivity index (χ1n) is 6.36. The van der Waals surface area contributed by atoms with Gasteiger partial charge in [-0.2, -0.15) is 11.8 Å². The van der Waals surface area contributed by atoms with Crippen molar-refractivity contribution in [2.75, 3.05) is 24.6 Å². The van der Waals surface area contributed by atoms with Gasteiger partial charge in [0, 0.05) is 19.5 Å². The van der Waals surface area contributed by atoms with E-state index in [1.165, 1.54) is 12.2 Å². The van der Waals surface area contributed by atoms with E-state index < -0.39 is 0 Å². The van der Waals surface area contributed by atoms with Crippen LogP contribution in [0.5, 0.6) is 0 Å². The van der Waals surface area contributed by atoms with Gasteiger partial charge in [0.1, 0.15) is 6.04 Å². The zero-order valence-electron chi connectivity index (χ0n) is 10.3. The third-order valence-corrected chi connectivity index (χ3v) is 4.70. The number of thioether (sulfide) groups is 1. The van der Waals surface area contributed by atoms with Gasteiger partial charge in [-0.3, -0.25) is 9.59 Å². The number of nitrogens with zero attached hydrogens (tertiary/aromatic N) is 1. The zero-order chi connectivity index (χ0) is 12.3. The molecule has 0 bridgehead atoms. The van der Waals surface area contributed by atoms with E-state index >= 15 is 0 Å². The van der Waals surface area contributed by atoms with Crippen molar-refractivity contribution in [2.45, 2.75) is 32.2 Å². The van der Waals surface area contributed by atoms with Crippen LogP contribution in [-0.4, -0.2) is 47.4 Å². The third kappa shape index (κ3) is 3.15. The van der Waals surface area contributed by atoms with Gasteiger partial charge in [0.25, 0.3) is 0 Å². The average Bonchev–Trinajstić information content (AvgIpc) is 2.78. The van der Waals surface area contributed by atoms with Crippen LogP contribution in [-0.2, 0) is 9.59 Å². The minimum absolute atomic E-state index is 0.00787. The Hall–Kier alpha value is -0.710. The summed E-state index contributed by atoms with van der Waals surface area (Å²) in [6.07, 6.45) is 2.33. The Kier molecular flexibility index (Phi) is 4.31. The molecular formula is C12H20N2O2S. The third-order valence-electron chi connectivity index (χ3n) is 3.46. The van der Waals surface area contributed by atoms with Crippen LogP contribution in [0.1, 0.15) is 26.2 Å². The van der Waals surface area contributed by atoms with Crippen molar-refractivity contribution in [1.82, 2.24) is 10.2 Å². The molecule has 0 aromatic heterocycles. The Balaban J connectivity index is 1.98. The van der Waals surface area contributed by atoms with Crippen molar-refractivity contribution >= 4 is 23.6 Å². The Labute approximate surface area is 106 Å². The lowest BCUT2D eigenvalue weighted by molar-refractivity contribution is -0.134. The monoisotopic (exact) mass is 256 g/mol.